The molecular formula is C16H25NO4. The summed E-state index contributed by atoms with van der Waals surface area (Å²) >= 11 is 0. The number of hydrogen-bond acceptors (Lipinski definition) is 5. The lowest BCUT2D eigenvalue weighted by atomic mass is 9.97. The molecule has 1 aromatic rings. The van der Waals surface area contributed by atoms with E-state index in [1.807, 2.05) is 20.8 Å². The third-order valence-electron chi connectivity index (χ3n) is 3.22. The Bertz CT molecular complexity index is 444. The maximum atomic E-state index is 11.9. The van der Waals surface area contributed by atoms with Crippen LogP contribution in [0.3, 0.4) is 0 Å². The Morgan fingerprint density at radius 3 is 2.43 bits per heavy atom. The van der Waals surface area contributed by atoms with Gasteiger partial charge in [-0.05, 0) is 38.5 Å². The Labute approximate surface area is 126 Å². The molecule has 1 aromatic carbocycles. The second-order valence-corrected chi connectivity index (χ2v) is 5.52. The van der Waals surface area contributed by atoms with E-state index in [2.05, 4.69) is 5.32 Å². The number of esters is 1. The number of ether oxygens (including phenoxy) is 2. The van der Waals surface area contributed by atoms with Gasteiger partial charge in [0.1, 0.15) is 11.3 Å². The number of nitrogens with one attached hydrogen (secondary N) is 1. The largest absolute Gasteiger partial charge is 0.494 e. The third-order valence-corrected chi connectivity index (χ3v) is 3.22. The quantitative estimate of drug-likeness (QED) is 0.717. The normalized spacial score (nSPS) is 13.8. The molecule has 0 saturated heterocycles. The Morgan fingerprint density at radius 1 is 1.33 bits per heavy atom. The fraction of sp³-hybridized carbons (Fsp3) is 0.562. The van der Waals surface area contributed by atoms with Gasteiger partial charge in [0.25, 0.3) is 0 Å². The highest BCUT2D eigenvalue weighted by Gasteiger charge is 2.34. The molecule has 2 N–H and O–H groups in total. The molecule has 0 aromatic heterocycles. The van der Waals surface area contributed by atoms with E-state index in [0.29, 0.717) is 18.8 Å². The van der Waals surface area contributed by atoms with Crippen molar-refractivity contribution in [3.63, 3.8) is 0 Å². The van der Waals surface area contributed by atoms with Crippen LogP contribution in [0.5, 0.6) is 5.75 Å². The van der Waals surface area contributed by atoms with Crippen LogP contribution in [0.25, 0.3) is 0 Å². The summed E-state index contributed by atoms with van der Waals surface area (Å²) in [5.74, 6) is 0.416. The molecule has 1 unspecified atom stereocenters. The molecule has 0 aliphatic rings. The lowest BCUT2D eigenvalue weighted by Gasteiger charge is -2.30. The molecular weight excluding hydrogens is 270 g/mol. The van der Waals surface area contributed by atoms with Crippen LogP contribution in [0.1, 0.15) is 32.8 Å². The fourth-order valence-electron chi connectivity index (χ4n) is 2.16. The predicted octanol–water partition coefficient (Wildman–Crippen LogP) is 1.88. The fourth-order valence-corrected chi connectivity index (χ4v) is 2.16. The Hall–Kier alpha value is -1.59. The summed E-state index contributed by atoms with van der Waals surface area (Å²) < 4.78 is 10.5. The highest BCUT2D eigenvalue weighted by molar-refractivity contribution is 5.80. The van der Waals surface area contributed by atoms with Gasteiger partial charge < -0.3 is 14.6 Å². The van der Waals surface area contributed by atoms with Crippen molar-refractivity contribution in [2.75, 3.05) is 13.7 Å². The van der Waals surface area contributed by atoms with E-state index in [1.165, 1.54) is 7.11 Å². The summed E-state index contributed by atoms with van der Waals surface area (Å²) in [5, 5.41) is 12.2. The van der Waals surface area contributed by atoms with E-state index in [-0.39, 0.29) is 18.6 Å². The molecule has 5 nitrogen and oxygen atoms in total. The second kappa shape index (κ2) is 8.00. The molecule has 0 amide bonds. The molecule has 0 radical (unpaired) electrons. The van der Waals surface area contributed by atoms with Gasteiger partial charge in [0, 0.05) is 12.5 Å². The highest BCUT2D eigenvalue weighted by atomic mass is 16.5. The van der Waals surface area contributed by atoms with E-state index in [0.717, 1.165) is 5.56 Å². The summed E-state index contributed by atoms with van der Waals surface area (Å²) in [6.07, 6.45) is 0.500. The summed E-state index contributed by atoms with van der Waals surface area (Å²) in [7, 11) is 1.39. The number of carbonyl (C=O) groups excluding carboxylic acids is 1. The van der Waals surface area contributed by atoms with Gasteiger partial charge in [-0.3, -0.25) is 10.1 Å². The topological polar surface area (TPSA) is 67.8 Å². The van der Waals surface area contributed by atoms with Crippen LogP contribution >= 0.6 is 0 Å². The van der Waals surface area contributed by atoms with Gasteiger partial charge in [-0.25, -0.2) is 0 Å². The first-order valence-corrected chi connectivity index (χ1v) is 7.10. The molecule has 1 atom stereocenters. The standard InChI is InChI=1S/C16H25NO4/c1-12(2)17-16(3,15(19)20-4)9-10-21-14-7-5-13(11-18)6-8-14/h5-8,12,17-18H,9-11H2,1-4H3. The molecule has 0 bridgehead atoms. The average Bonchev–Trinajstić information content (AvgIpc) is 2.46. The molecule has 0 aliphatic carbocycles. The lowest BCUT2D eigenvalue weighted by molar-refractivity contribution is -0.148. The van der Waals surface area contributed by atoms with Crippen molar-refractivity contribution in [2.24, 2.45) is 0 Å². The Balaban J connectivity index is 2.58. The molecule has 21 heavy (non-hydrogen) atoms. The zero-order valence-electron chi connectivity index (χ0n) is 13.2. The van der Waals surface area contributed by atoms with E-state index >= 15 is 0 Å². The first-order valence-electron chi connectivity index (χ1n) is 7.10. The van der Waals surface area contributed by atoms with Crippen molar-refractivity contribution < 1.29 is 19.4 Å². The molecule has 5 heteroatoms. The van der Waals surface area contributed by atoms with Gasteiger partial charge in [0.15, 0.2) is 0 Å². The highest BCUT2D eigenvalue weighted by Crippen LogP contribution is 2.17. The molecule has 0 heterocycles. The number of hydrogen-bond donors (Lipinski definition) is 2. The lowest BCUT2D eigenvalue weighted by Crippen LogP contribution is -2.53. The van der Waals surface area contributed by atoms with Crippen LogP contribution in [-0.2, 0) is 16.1 Å². The van der Waals surface area contributed by atoms with Crippen molar-refractivity contribution in [1.29, 1.82) is 0 Å². The van der Waals surface area contributed by atoms with Gasteiger partial charge in [-0.1, -0.05) is 12.1 Å². The minimum absolute atomic E-state index is 0.0129. The molecule has 1 rings (SSSR count). The van der Waals surface area contributed by atoms with E-state index in [1.54, 1.807) is 24.3 Å². The van der Waals surface area contributed by atoms with Gasteiger partial charge >= 0.3 is 5.97 Å². The zero-order valence-corrected chi connectivity index (χ0v) is 13.2. The third kappa shape index (κ3) is 5.36. The SMILES string of the molecule is COC(=O)C(C)(CCOc1ccc(CO)cc1)NC(C)C. The molecule has 118 valence electrons. The van der Waals surface area contributed by atoms with Crippen molar-refractivity contribution in [1.82, 2.24) is 5.32 Å². The van der Waals surface area contributed by atoms with Gasteiger partial charge in [0.05, 0.1) is 20.3 Å². The molecule has 0 spiro atoms. The zero-order chi connectivity index (χ0) is 15.9. The Kier molecular flexibility index (Phi) is 6.65. The van der Waals surface area contributed by atoms with E-state index < -0.39 is 5.54 Å². The summed E-state index contributed by atoms with van der Waals surface area (Å²) in [6, 6.07) is 7.38. The smallest absolute Gasteiger partial charge is 0.325 e. The number of carbonyl (C=O) groups is 1. The first kappa shape index (κ1) is 17.5. The van der Waals surface area contributed by atoms with Crippen LogP contribution in [0.4, 0.5) is 0 Å². The number of aliphatic hydroxyl groups excluding tert-OH is 1. The van der Waals surface area contributed by atoms with E-state index in [4.69, 9.17) is 14.6 Å². The summed E-state index contributed by atoms with van der Waals surface area (Å²) in [5.41, 5.74) is 0.0664. The molecule has 0 fully saturated rings. The monoisotopic (exact) mass is 295 g/mol. The van der Waals surface area contributed by atoms with Crippen LogP contribution < -0.4 is 10.1 Å². The molecule has 0 aliphatic heterocycles. The number of benzene rings is 1. The second-order valence-electron chi connectivity index (χ2n) is 5.52. The number of methoxy groups -OCH3 is 1. The summed E-state index contributed by atoms with van der Waals surface area (Å²) in [6.45, 7) is 6.19. The number of rotatable bonds is 8. The van der Waals surface area contributed by atoms with Crippen LogP contribution in [0.15, 0.2) is 24.3 Å². The van der Waals surface area contributed by atoms with Gasteiger partial charge in [0.2, 0.25) is 0 Å². The van der Waals surface area contributed by atoms with Crippen molar-refractivity contribution in [3.8, 4) is 5.75 Å². The van der Waals surface area contributed by atoms with Gasteiger partial charge in [-0.2, -0.15) is 0 Å². The first-order chi connectivity index (χ1) is 9.91. The molecule has 0 saturated carbocycles. The predicted molar refractivity (Wildman–Crippen MR) is 81.2 cm³/mol. The summed E-state index contributed by atoms with van der Waals surface area (Å²) in [4.78, 5) is 11.9. The van der Waals surface area contributed by atoms with Gasteiger partial charge in [-0.15, -0.1) is 0 Å². The van der Waals surface area contributed by atoms with Crippen LogP contribution in [-0.4, -0.2) is 36.4 Å². The maximum absolute atomic E-state index is 11.9. The maximum Gasteiger partial charge on any atom is 0.325 e. The van der Waals surface area contributed by atoms with Crippen molar-refractivity contribution in [3.05, 3.63) is 29.8 Å². The minimum Gasteiger partial charge on any atom is -0.494 e. The van der Waals surface area contributed by atoms with Crippen LogP contribution in [0.2, 0.25) is 0 Å². The van der Waals surface area contributed by atoms with E-state index in [9.17, 15) is 4.79 Å². The number of aliphatic hydroxyl groups is 1. The Morgan fingerprint density at radius 2 is 1.95 bits per heavy atom. The average molecular weight is 295 g/mol. The van der Waals surface area contributed by atoms with Crippen LogP contribution in [0, 0.1) is 0 Å². The van der Waals surface area contributed by atoms with Crippen molar-refractivity contribution >= 4 is 5.97 Å². The van der Waals surface area contributed by atoms with Crippen molar-refractivity contribution in [2.45, 2.75) is 45.4 Å². The minimum atomic E-state index is -0.770.